The standard InChI is InChI=1S/C12H24/c1-5-12(6-2)10-8-7-9-11(12,3)4/h5-10H2,1-4H3. The highest BCUT2D eigenvalue weighted by atomic mass is 14.5. The van der Waals surface area contributed by atoms with Crippen LogP contribution in [0.25, 0.3) is 0 Å². The summed E-state index contributed by atoms with van der Waals surface area (Å²) in [5, 5.41) is 0. The van der Waals surface area contributed by atoms with Crippen molar-refractivity contribution in [2.75, 3.05) is 0 Å². The Labute approximate surface area is 77.7 Å². The summed E-state index contributed by atoms with van der Waals surface area (Å²) in [4.78, 5) is 0. The molecular weight excluding hydrogens is 144 g/mol. The molecule has 12 heavy (non-hydrogen) atoms. The largest absolute Gasteiger partial charge is 0.0648 e. The van der Waals surface area contributed by atoms with E-state index in [1.54, 1.807) is 0 Å². The Bertz CT molecular complexity index is 140. The van der Waals surface area contributed by atoms with E-state index in [-0.39, 0.29) is 0 Å². The lowest BCUT2D eigenvalue weighted by Gasteiger charge is -2.50. The highest BCUT2D eigenvalue weighted by Gasteiger charge is 2.43. The van der Waals surface area contributed by atoms with Gasteiger partial charge in [0.15, 0.2) is 0 Å². The van der Waals surface area contributed by atoms with E-state index in [2.05, 4.69) is 27.7 Å². The molecule has 0 saturated heterocycles. The molecule has 72 valence electrons. The van der Waals surface area contributed by atoms with Crippen LogP contribution in [0.2, 0.25) is 0 Å². The van der Waals surface area contributed by atoms with Gasteiger partial charge < -0.3 is 0 Å². The van der Waals surface area contributed by atoms with Crippen LogP contribution in [-0.2, 0) is 0 Å². The predicted molar refractivity (Wildman–Crippen MR) is 55.3 cm³/mol. The summed E-state index contributed by atoms with van der Waals surface area (Å²) in [5.41, 5.74) is 1.25. The maximum Gasteiger partial charge on any atom is -0.0251 e. The fraction of sp³-hybridized carbons (Fsp3) is 1.00. The summed E-state index contributed by atoms with van der Waals surface area (Å²) in [6.45, 7) is 9.69. The van der Waals surface area contributed by atoms with Gasteiger partial charge in [0.05, 0.1) is 0 Å². The molecule has 1 aliphatic carbocycles. The van der Waals surface area contributed by atoms with Gasteiger partial charge in [0.25, 0.3) is 0 Å². The van der Waals surface area contributed by atoms with Gasteiger partial charge in [0.1, 0.15) is 0 Å². The van der Waals surface area contributed by atoms with Crippen LogP contribution in [0.3, 0.4) is 0 Å². The molecule has 0 nitrogen and oxygen atoms in total. The molecule has 0 aromatic heterocycles. The number of hydrogen-bond donors (Lipinski definition) is 0. The van der Waals surface area contributed by atoms with Crippen molar-refractivity contribution < 1.29 is 0 Å². The first kappa shape index (κ1) is 10.1. The monoisotopic (exact) mass is 168 g/mol. The van der Waals surface area contributed by atoms with E-state index in [9.17, 15) is 0 Å². The minimum Gasteiger partial charge on any atom is -0.0648 e. The Balaban J connectivity index is 2.81. The van der Waals surface area contributed by atoms with Crippen LogP contribution in [-0.4, -0.2) is 0 Å². The quantitative estimate of drug-likeness (QED) is 0.573. The molecule has 0 radical (unpaired) electrons. The molecule has 0 heterocycles. The lowest BCUT2D eigenvalue weighted by Crippen LogP contribution is -2.39. The predicted octanol–water partition coefficient (Wildman–Crippen LogP) is 4.39. The summed E-state index contributed by atoms with van der Waals surface area (Å²) in [6, 6.07) is 0. The zero-order chi connectivity index (χ0) is 9.24. The highest BCUT2D eigenvalue weighted by molar-refractivity contribution is 4.93. The molecule has 1 rings (SSSR count). The van der Waals surface area contributed by atoms with Crippen LogP contribution in [0.5, 0.6) is 0 Å². The van der Waals surface area contributed by atoms with E-state index in [1.165, 1.54) is 38.5 Å². The summed E-state index contributed by atoms with van der Waals surface area (Å²) < 4.78 is 0. The van der Waals surface area contributed by atoms with E-state index in [4.69, 9.17) is 0 Å². The van der Waals surface area contributed by atoms with Gasteiger partial charge in [-0.15, -0.1) is 0 Å². The molecule has 0 aliphatic heterocycles. The minimum absolute atomic E-state index is 0.592. The van der Waals surface area contributed by atoms with Gasteiger partial charge in [-0.25, -0.2) is 0 Å². The molecule has 1 saturated carbocycles. The molecule has 0 heteroatoms. The third-order valence-corrected chi connectivity index (χ3v) is 4.50. The van der Waals surface area contributed by atoms with Crippen LogP contribution in [0.15, 0.2) is 0 Å². The number of rotatable bonds is 2. The Morgan fingerprint density at radius 3 is 1.75 bits per heavy atom. The summed E-state index contributed by atoms with van der Waals surface area (Å²) in [7, 11) is 0. The second-order valence-electron chi connectivity index (χ2n) is 5.08. The third kappa shape index (κ3) is 1.41. The van der Waals surface area contributed by atoms with Crippen LogP contribution in [0.1, 0.15) is 66.2 Å². The van der Waals surface area contributed by atoms with Crippen molar-refractivity contribution >= 4 is 0 Å². The Hall–Kier alpha value is 0. The fourth-order valence-electron chi connectivity index (χ4n) is 3.19. The molecule has 1 aliphatic rings. The Kier molecular flexibility index (Phi) is 2.85. The summed E-state index contributed by atoms with van der Waals surface area (Å²) in [6.07, 6.45) is 8.56. The van der Waals surface area contributed by atoms with E-state index < -0.39 is 0 Å². The van der Waals surface area contributed by atoms with Crippen LogP contribution >= 0.6 is 0 Å². The van der Waals surface area contributed by atoms with Crippen LogP contribution in [0, 0.1) is 10.8 Å². The van der Waals surface area contributed by atoms with E-state index in [0.717, 1.165) is 0 Å². The molecule has 0 amide bonds. The lowest BCUT2D eigenvalue weighted by atomic mass is 9.55. The zero-order valence-electron chi connectivity index (χ0n) is 9.24. The van der Waals surface area contributed by atoms with Crippen molar-refractivity contribution in [3.63, 3.8) is 0 Å². The van der Waals surface area contributed by atoms with Gasteiger partial charge in [-0.05, 0) is 36.5 Å². The normalized spacial score (nSPS) is 27.0. The van der Waals surface area contributed by atoms with Gasteiger partial charge in [-0.3, -0.25) is 0 Å². The van der Waals surface area contributed by atoms with Crippen molar-refractivity contribution in [2.45, 2.75) is 66.2 Å². The van der Waals surface area contributed by atoms with Crippen LogP contribution < -0.4 is 0 Å². The molecule has 1 fully saturated rings. The molecule has 0 N–H and O–H groups in total. The average molecular weight is 168 g/mol. The van der Waals surface area contributed by atoms with Crippen molar-refractivity contribution in [2.24, 2.45) is 10.8 Å². The van der Waals surface area contributed by atoms with Gasteiger partial charge in [0.2, 0.25) is 0 Å². The third-order valence-electron chi connectivity index (χ3n) is 4.50. The Morgan fingerprint density at radius 2 is 1.42 bits per heavy atom. The SMILES string of the molecule is CCC1(CC)CCCCC1(C)C. The zero-order valence-corrected chi connectivity index (χ0v) is 9.24. The summed E-state index contributed by atoms with van der Waals surface area (Å²) in [5.74, 6) is 0. The first-order chi connectivity index (χ1) is 5.58. The van der Waals surface area contributed by atoms with Crippen molar-refractivity contribution in [3.05, 3.63) is 0 Å². The van der Waals surface area contributed by atoms with Gasteiger partial charge in [-0.2, -0.15) is 0 Å². The highest BCUT2D eigenvalue weighted by Crippen LogP contribution is 2.54. The molecule has 0 spiro atoms. The second-order valence-corrected chi connectivity index (χ2v) is 5.08. The Morgan fingerprint density at radius 1 is 0.917 bits per heavy atom. The van der Waals surface area contributed by atoms with E-state index in [0.29, 0.717) is 10.8 Å². The van der Waals surface area contributed by atoms with Crippen LogP contribution in [0.4, 0.5) is 0 Å². The summed E-state index contributed by atoms with van der Waals surface area (Å²) >= 11 is 0. The fourth-order valence-corrected chi connectivity index (χ4v) is 3.19. The van der Waals surface area contributed by atoms with E-state index in [1.807, 2.05) is 0 Å². The van der Waals surface area contributed by atoms with Crippen molar-refractivity contribution in [1.82, 2.24) is 0 Å². The smallest absolute Gasteiger partial charge is 0.0251 e. The van der Waals surface area contributed by atoms with Crippen molar-refractivity contribution in [3.8, 4) is 0 Å². The maximum atomic E-state index is 2.47. The molecule has 0 aromatic carbocycles. The molecule has 0 unspecified atom stereocenters. The van der Waals surface area contributed by atoms with Gasteiger partial charge in [0, 0.05) is 0 Å². The van der Waals surface area contributed by atoms with Gasteiger partial charge >= 0.3 is 0 Å². The first-order valence-electron chi connectivity index (χ1n) is 5.58. The number of hydrogen-bond acceptors (Lipinski definition) is 0. The second kappa shape index (κ2) is 3.40. The first-order valence-corrected chi connectivity index (χ1v) is 5.58. The average Bonchev–Trinajstić information content (AvgIpc) is 2.05. The molecular formula is C12H24. The molecule has 0 bridgehead atoms. The molecule has 0 atom stereocenters. The topological polar surface area (TPSA) is 0 Å². The maximum absolute atomic E-state index is 2.47. The van der Waals surface area contributed by atoms with Gasteiger partial charge in [-0.1, -0.05) is 40.5 Å². The molecule has 0 aromatic rings. The van der Waals surface area contributed by atoms with Crippen molar-refractivity contribution in [1.29, 1.82) is 0 Å². The minimum atomic E-state index is 0.592. The van der Waals surface area contributed by atoms with E-state index >= 15 is 0 Å². The lowest BCUT2D eigenvalue weighted by molar-refractivity contribution is 0.00747.